The van der Waals surface area contributed by atoms with Crippen molar-refractivity contribution in [1.29, 1.82) is 0 Å². The second kappa shape index (κ2) is 12.9. The third-order valence-corrected chi connectivity index (χ3v) is 15.9. The first kappa shape index (κ1) is 38.8. The normalized spacial score (nSPS) is 53.1. The van der Waals surface area contributed by atoms with Crippen molar-refractivity contribution in [2.45, 2.75) is 144 Å². The van der Waals surface area contributed by atoms with Crippen LogP contribution in [-0.2, 0) is 44.0 Å². The Morgan fingerprint density at radius 2 is 1.71 bits per heavy atom. The number of carbonyl (C=O) groups excluding carboxylic acids is 2. The highest BCUT2D eigenvalue weighted by molar-refractivity contribution is 5.82. The molecule has 5 N–H and O–H groups in total. The molecule has 306 valence electrons. The fourth-order valence-electron chi connectivity index (χ4n) is 12.6. The highest BCUT2D eigenvalue weighted by Gasteiger charge is 2.90. The van der Waals surface area contributed by atoms with E-state index in [4.69, 9.17) is 28.4 Å². The molecule has 0 aromatic heterocycles. The molecule has 4 saturated carbocycles. The summed E-state index contributed by atoms with van der Waals surface area (Å²) in [6, 6.07) is 9.03. The first-order valence-corrected chi connectivity index (χ1v) is 20.6. The number of ether oxygens (including phenoxy) is 6. The van der Waals surface area contributed by atoms with Crippen LogP contribution in [0.25, 0.3) is 0 Å². The van der Waals surface area contributed by atoms with Gasteiger partial charge in [-0.05, 0) is 63.4 Å². The predicted molar refractivity (Wildman–Crippen MR) is 196 cm³/mol. The van der Waals surface area contributed by atoms with E-state index in [1.165, 1.54) is 12.2 Å². The molecule has 8 fully saturated rings. The zero-order valence-electron chi connectivity index (χ0n) is 32.7. The lowest BCUT2D eigenvalue weighted by Crippen LogP contribution is -2.89. The van der Waals surface area contributed by atoms with Crippen LogP contribution in [0.15, 0.2) is 54.6 Å². The van der Waals surface area contributed by atoms with Crippen LogP contribution < -0.4 is 0 Å². The minimum absolute atomic E-state index is 0.0607. The van der Waals surface area contributed by atoms with Crippen molar-refractivity contribution in [3.8, 4) is 0 Å². The van der Waals surface area contributed by atoms with E-state index < -0.39 is 101 Å². The molecule has 0 amide bonds. The maximum atomic E-state index is 13.5. The molecule has 1 aromatic carbocycles. The standard InChI is InChI=1S/C43H56O13/c1-6-22(2)36(46)51-28-14-10-11-15-31(45)52-30-19-18-29-40(30,49)37(47)39(21-44)34(53-39)32-35-42(50,38(5,48)20-25-16-17-27(28)23(25)3)33-24(4)41(29,32)56-43(54-33,55-35)26-12-8-7-9-13-26/h7-15,22-25,27-30,32-35,37,44,47-50H,6,16-21H2,1-5H3. The van der Waals surface area contributed by atoms with E-state index in [1.807, 2.05) is 39.0 Å². The first-order valence-electron chi connectivity index (χ1n) is 20.6. The molecule has 9 aliphatic rings. The molecule has 19 unspecified atom stereocenters. The van der Waals surface area contributed by atoms with Crippen LogP contribution in [-0.4, -0.2) is 109 Å². The Labute approximate surface area is 326 Å². The van der Waals surface area contributed by atoms with E-state index in [1.54, 1.807) is 31.2 Å². The number of rotatable bonds is 5. The van der Waals surface area contributed by atoms with Gasteiger partial charge in [-0.1, -0.05) is 70.2 Å². The van der Waals surface area contributed by atoms with Gasteiger partial charge in [0.15, 0.2) is 0 Å². The van der Waals surface area contributed by atoms with E-state index in [0.717, 1.165) is 0 Å². The summed E-state index contributed by atoms with van der Waals surface area (Å²) in [5.41, 5.74) is -8.74. The number of hydrogen-bond acceptors (Lipinski definition) is 13. The van der Waals surface area contributed by atoms with Crippen molar-refractivity contribution in [3.05, 3.63) is 60.2 Å². The number of aliphatic hydroxyl groups is 5. The maximum Gasteiger partial charge on any atom is 0.331 e. The van der Waals surface area contributed by atoms with Crippen LogP contribution in [0.4, 0.5) is 0 Å². The van der Waals surface area contributed by atoms with Gasteiger partial charge in [0.1, 0.15) is 53.4 Å². The summed E-state index contributed by atoms with van der Waals surface area (Å²) >= 11 is 0. The molecule has 0 radical (unpaired) electrons. The largest absolute Gasteiger partial charge is 0.458 e. The minimum Gasteiger partial charge on any atom is -0.458 e. The van der Waals surface area contributed by atoms with Gasteiger partial charge in [-0.25, -0.2) is 4.79 Å². The highest BCUT2D eigenvalue weighted by atomic mass is 16.9. The third kappa shape index (κ3) is 4.92. The molecule has 10 rings (SSSR count). The molecule has 13 heteroatoms. The van der Waals surface area contributed by atoms with E-state index in [2.05, 4.69) is 6.92 Å². The Hall–Kier alpha value is -2.72. The molecule has 56 heavy (non-hydrogen) atoms. The lowest BCUT2D eigenvalue weighted by Gasteiger charge is -2.74. The van der Waals surface area contributed by atoms with Gasteiger partial charge in [0.25, 0.3) is 0 Å². The van der Waals surface area contributed by atoms with Crippen molar-refractivity contribution in [2.24, 2.45) is 41.4 Å². The van der Waals surface area contributed by atoms with Crippen LogP contribution in [0.2, 0.25) is 0 Å². The van der Waals surface area contributed by atoms with Gasteiger partial charge in [0.05, 0.1) is 23.7 Å². The quantitative estimate of drug-likeness (QED) is 0.217. The summed E-state index contributed by atoms with van der Waals surface area (Å²) in [6.07, 6.45) is 1.75. The zero-order valence-corrected chi connectivity index (χ0v) is 32.7. The summed E-state index contributed by atoms with van der Waals surface area (Å²) in [6.45, 7) is 8.61. The molecule has 1 aromatic rings. The van der Waals surface area contributed by atoms with E-state index in [-0.39, 0.29) is 48.9 Å². The Bertz CT molecular complexity index is 1800. The molecule has 4 saturated heterocycles. The fourth-order valence-corrected chi connectivity index (χ4v) is 12.6. The first-order chi connectivity index (χ1) is 26.6. The van der Waals surface area contributed by atoms with Crippen molar-refractivity contribution in [3.63, 3.8) is 0 Å². The number of allylic oxidation sites excluding steroid dienone is 2. The molecule has 10 bridgehead atoms. The second-order valence-corrected chi connectivity index (χ2v) is 18.4. The molecule has 4 aliphatic carbocycles. The summed E-state index contributed by atoms with van der Waals surface area (Å²) in [4.78, 5) is 26.7. The van der Waals surface area contributed by atoms with E-state index in [9.17, 15) is 35.1 Å². The topological polar surface area (TPSA) is 194 Å². The number of fused-ring (bicyclic) bond motifs is 3. The number of carbonyl (C=O) groups is 2. The van der Waals surface area contributed by atoms with Gasteiger partial charge in [-0.15, -0.1) is 0 Å². The van der Waals surface area contributed by atoms with Gasteiger partial charge >= 0.3 is 17.9 Å². The number of aliphatic hydroxyl groups excluding tert-OH is 2. The van der Waals surface area contributed by atoms with Gasteiger partial charge in [-0.3, -0.25) is 4.79 Å². The lowest BCUT2D eigenvalue weighted by atomic mass is 9.49. The molecule has 1 spiro atoms. The van der Waals surface area contributed by atoms with Gasteiger partial charge < -0.3 is 54.0 Å². The van der Waals surface area contributed by atoms with Crippen molar-refractivity contribution < 1.29 is 63.5 Å². The zero-order chi connectivity index (χ0) is 39.8. The van der Waals surface area contributed by atoms with E-state index in [0.29, 0.717) is 24.8 Å². The molecular formula is C43H56O13. The van der Waals surface area contributed by atoms with Gasteiger partial charge in [-0.2, -0.15) is 0 Å². The van der Waals surface area contributed by atoms with Crippen molar-refractivity contribution in [1.82, 2.24) is 0 Å². The molecule has 5 aliphatic heterocycles. The summed E-state index contributed by atoms with van der Waals surface area (Å²) < 4.78 is 39.3. The Morgan fingerprint density at radius 1 is 0.982 bits per heavy atom. The lowest BCUT2D eigenvalue weighted by molar-refractivity contribution is -0.595. The van der Waals surface area contributed by atoms with Crippen LogP contribution in [0.5, 0.6) is 0 Å². The summed E-state index contributed by atoms with van der Waals surface area (Å²) in [5.74, 6) is -6.15. The molecule has 5 heterocycles. The maximum absolute atomic E-state index is 13.5. The summed E-state index contributed by atoms with van der Waals surface area (Å²) in [7, 11) is 0. The SMILES string of the molecule is CCC(C)C(=O)OC1C=CC=CC(=O)OC2CCC3C2(O)C(O)C2(CO)OC2C2C4OC5(c6ccccc6)OC(C(C)C23O5)C4(O)C(C)(O)CC2CCC1C2C. The van der Waals surface area contributed by atoms with E-state index >= 15 is 0 Å². The third-order valence-electron chi connectivity index (χ3n) is 15.9. The smallest absolute Gasteiger partial charge is 0.331 e. The monoisotopic (exact) mass is 780 g/mol. The van der Waals surface area contributed by atoms with Crippen LogP contribution in [0.3, 0.4) is 0 Å². The Balaban J connectivity index is 1.21. The Kier molecular flexibility index (Phi) is 8.93. The Morgan fingerprint density at radius 3 is 2.43 bits per heavy atom. The van der Waals surface area contributed by atoms with Crippen LogP contribution >= 0.6 is 0 Å². The molecule has 19 atom stereocenters. The summed E-state index contributed by atoms with van der Waals surface area (Å²) in [5, 5.41) is 62.8. The molecule has 13 nitrogen and oxygen atoms in total. The number of esters is 2. The van der Waals surface area contributed by atoms with Crippen LogP contribution in [0.1, 0.15) is 78.7 Å². The predicted octanol–water partition coefficient (Wildman–Crippen LogP) is 2.79. The second-order valence-electron chi connectivity index (χ2n) is 18.4. The van der Waals surface area contributed by atoms with Gasteiger partial charge in [0.2, 0.25) is 0 Å². The van der Waals surface area contributed by atoms with Gasteiger partial charge in [0, 0.05) is 35.3 Å². The average Bonchev–Trinajstić information content (AvgIpc) is 3.69. The highest BCUT2D eigenvalue weighted by Crippen LogP contribution is 2.74. The fraction of sp³-hybridized carbons (Fsp3) is 0.721. The minimum atomic E-state index is -2.18. The number of epoxide rings is 1. The average molecular weight is 781 g/mol. The van der Waals surface area contributed by atoms with Crippen molar-refractivity contribution in [2.75, 3.05) is 6.61 Å². The molecular weight excluding hydrogens is 724 g/mol. The van der Waals surface area contributed by atoms with Crippen LogP contribution in [0, 0.1) is 41.4 Å². The number of hydrogen-bond donors (Lipinski definition) is 5. The van der Waals surface area contributed by atoms with Crippen molar-refractivity contribution >= 4 is 11.9 Å². The number of benzene rings is 1.